The van der Waals surface area contributed by atoms with E-state index in [0.717, 1.165) is 25.0 Å². The molecule has 1 aliphatic carbocycles. The van der Waals surface area contributed by atoms with Crippen molar-refractivity contribution in [1.29, 1.82) is 0 Å². The summed E-state index contributed by atoms with van der Waals surface area (Å²) in [6, 6.07) is -0.310. The van der Waals surface area contributed by atoms with E-state index < -0.39 is 12.1 Å². The molecule has 1 aliphatic heterocycles. The van der Waals surface area contributed by atoms with E-state index in [1.165, 1.54) is 27.5 Å². The Kier molecular flexibility index (Phi) is 4.07. The molecule has 1 saturated heterocycles. The molecule has 2 amide bonds. The van der Waals surface area contributed by atoms with E-state index in [-0.39, 0.29) is 19.2 Å². The van der Waals surface area contributed by atoms with Crippen LogP contribution in [0.25, 0.3) is 0 Å². The van der Waals surface area contributed by atoms with Gasteiger partial charge in [-0.15, -0.1) is 11.3 Å². The van der Waals surface area contributed by atoms with Gasteiger partial charge in [0.05, 0.1) is 18.8 Å². The number of hydrogen-bond donors (Lipinski definition) is 2. The second-order valence-electron chi connectivity index (χ2n) is 5.17. The van der Waals surface area contributed by atoms with Crippen molar-refractivity contribution in [2.45, 2.75) is 31.8 Å². The predicted molar refractivity (Wildman–Crippen MR) is 76.7 cm³/mol. The summed E-state index contributed by atoms with van der Waals surface area (Å²) in [7, 11) is 0. The molecule has 114 valence electrons. The summed E-state index contributed by atoms with van der Waals surface area (Å²) in [5.74, 6) is -1.04. The number of carboxylic acids is 1. The number of thiazole rings is 1. The van der Waals surface area contributed by atoms with Crippen LogP contribution in [0, 0.1) is 0 Å². The Morgan fingerprint density at radius 1 is 1.38 bits per heavy atom. The molecule has 1 unspecified atom stereocenters. The minimum absolute atomic E-state index is 0.0618. The van der Waals surface area contributed by atoms with Gasteiger partial charge in [-0.25, -0.2) is 14.6 Å². The third kappa shape index (κ3) is 3.16. The fourth-order valence-corrected chi connectivity index (χ4v) is 3.60. The van der Waals surface area contributed by atoms with Gasteiger partial charge in [0.2, 0.25) is 0 Å². The number of ether oxygens (including phenoxy) is 1. The standard InChI is InChI=1S/C13H17N3O4S/c17-11(18)9-7-16(5-6-20-9)13(19)15-12-14-8-3-1-2-4-10(8)21-12/h9H,1-7H2,(H,17,18)(H,14,15,19). The number of rotatable bonds is 2. The third-order valence-corrected chi connectivity index (χ3v) is 4.76. The first-order valence-corrected chi connectivity index (χ1v) is 7.84. The number of nitrogens with zero attached hydrogens (tertiary/aromatic N) is 2. The largest absolute Gasteiger partial charge is 0.479 e. The second-order valence-corrected chi connectivity index (χ2v) is 6.25. The molecule has 1 aromatic rings. The average molecular weight is 311 g/mol. The zero-order chi connectivity index (χ0) is 14.8. The summed E-state index contributed by atoms with van der Waals surface area (Å²) in [4.78, 5) is 30.3. The Bertz CT molecular complexity index is 536. The molecular formula is C13H17N3O4S. The summed E-state index contributed by atoms with van der Waals surface area (Å²) < 4.78 is 5.10. The van der Waals surface area contributed by atoms with Crippen LogP contribution in [-0.2, 0) is 22.4 Å². The van der Waals surface area contributed by atoms with Crippen LogP contribution in [-0.4, -0.2) is 52.8 Å². The number of fused-ring (bicyclic) bond motifs is 1. The zero-order valence-electron chi connectivity index (χ0n) is 11.5. The first-order chi connectivity index (χ1) is 10.1. The Morgan fingerprint density at radius 3 is 2.95 bits per heavy atom. The summed E-state index contributed by atoms with van der Waals surface area (Å²) in [5, 5.41) is 12.3. The van der Waals surface area contributed by atoms with Gasteiger partial charge in [-0.3, -0.25) is 5.32 Å². The number of carbonyl (C=O) groups is 2. The van der Waals surface area contributed by atoms with Gasteiger partial charge < -0.3 is 14.7 Å². The Balaban J connectivity index is 1.63. The summed E-state index contributed by atoms with van der Waals surface area (Å²) in [6.07, 6.45) is 3.37. The maximum atomic E-state index is 12.2. The topological polar surface area (TPSA) is 91.8 Å². The van der Waals surface area contributed by atoms with Crippen molar-refractivity contribution in [3.8, 4) is 0 Å². The first-order valence-electron chi connectivity index (χ1n) is 7.02. The molecule has 0 aromatic carbocycles. The number of aromatic nitrogens is 1. The summed E-state index contributed by atoms with van der Waals surface area (Å²) in [6.45, 7) is 0.686. The van der Waals surface area contributed by atoms with Gasteiger partial charge in [0.25, 0.3) is 0 Å². The lowest BCUT2D eigenvalue weighted by molar-refractivity contribution is -0.154. The molecule has 21 heavy (non-hydrogen) atoms. The minimum atomic E-state index is -1.04. The molecule has 8 heteroatoms. The van der Waals surface area contributed by atoms with E-state index in [4.69, 9.17) is 9.84 Å². The van der Waals surface area contributed by atoms with Gasteiger partial charge >= 0.3 is 12.0 Å². The van der Waals surface area contributed by atoms with Crippen LogP contribution < -0.4 is 5.32 Å². The number of aliphatic carboxylic acids is 1. The van der Waals surface area contributed by atoms with Gasteiger partial charge in [0.1, 0.15) is 0 Å². The lowest BCUT2D eigenvalue weighted by Gasteiger charge is -2.30. The van der Waals surface area contributed by atoms with E-state index in [2.05, 4.69) is 10.3 Å². The molecule has 1 fully saturated rings. The quantitative estimate of drug-likeness (QED) is 0.860. The highest BCUT2D eigenvalue weighted by atomic mass is 32.1. The van der Waals surface area contributed by atoms with Gasteiger partial charge in [-0.1, -0.05) is 0 Å². The van der Waals surface area contributed by atoms with Crippen LogP contribution in [0.1, 0.15) is 23.4 Å². The highest BCUT2D eigenvalue weighted by molar-refractivity contribution is 7.15. The molecule has 0 bridgehead atoms. The lowest BCUT2D eigenvalue weighted by atomic mass is 10.0. The summed E-state index contributed by atoms with van der Waals surface area (Å²) in [5.41, 5.74) is 1.09. The molecule has 2 heterocycles. The molecule has 1 aromatic heterocycles. The molecule has 0 saturated carbocycles. The molecule has 2 N–H and O–H groups in total. The fraction of sp³-hybridized carbons (Fsp3) is 0.615. The van der Waals surface area contributed by atoms with Gasteiger partial charge in [0, 0.05) is 11.4 Å². The van der Waals surface area contributed by atoms with Crippen molar-refractivity contribution in [3.63, 3.8) is 0 Å². The van der Waals surface area contributed by atoms with E-state index in [0.29, 0.717) is 11.7 Å². The molecular weight excluding hydrogens is 294 g/mol. The molecule has 7 nitrogen and oxygen atoms in total. The summed E-state index contributed by atoms with van der Waals surface area (Å²) >= 11 is 1.52. The van der Waals surface area contributed by atoms with E-state index >= 15 is 0 Å². The maximum Gasteiger partial charge on any atom is 0.334 e. The third-order valence-electron chi connectivity index (χ3n) is 3.69. The number of morpholine rings is 1. The molecule has 3 rings (SSSR count). The fourth-order valence-electron chi connectivity index (χ4n) is 2.56. The number of carbonyl (C=O) groups excluding carboxylic acids is 1. The van der Waals surface area contributed by atoms with Crippen molar-refractivity contribution in [1.82, 2.24) is 9.88 Å². The number of amides is 2. The van der Waals surface area contributed by atoms with Crippen molar-refractivity contribution < 1.29 is 19.4 Å². The smallest absolute Gasteiger partial charge is 0.334 e. The Hall–Kier alpha value is -1.67. The van der Waals surface area contributed by atoms with Crippen LogP contribution in [0.15, 0.2) is 0 Å². The average Bonchev–Trinajstić information content (AvgIpc) is 2.89. The van der Waals surface area contributed by atoms with Crippen LogP contribution in [0.4, 0.5) is 9.93 Å². The van der Waals surface area contributed by atoms with E-state index in [1.807, 2.05) is 0 Å². The number of anilines is 1. The van der Waals surface area contributed by atoms with Crippen molar-refractivity contribution in [2.24, 2.45) is 0 Å². The number of urea groups is 1. The van der Waals surface area contributed by atoms with Crippen molar-refractivity contribution in [3.05, 3.63) is 10.6 Å². The predicted octanol–water partition coefficient (Wildman–Crippen LogP) is 1.34. The number of hydrogen-bond acceptors (Lipinski definition) is 5. The number of carboxylic acid groups (broad SMARTS) is 1. The highest BCUT2D eigenvalue weighted by Crippen LogP contribution is 2.29. The SMILES string of the molecule is O=C(O)C1CN(C(=O)Nc2nc3c(s2)CCCC3)CCO1. The van der Waals surface area contributed by atoms with E-state index in [9.17, 15) is 9.59 Å². The second kappa shape index (κ2) is 5.98. The van der Waals surface area contributed by atoms with E-state index in [1.54, 1.807) is 0 Å². The van der Waals surface area contributed by atoms with Crippen LogP contribution in [0.2, 0.25) is 0 Å². The van der Waals surface area contributed by atoms with Gasteiger partial charge in [-0.05, 0) is 25.7 Å². The first kappa shape index (κ1) is 14.3. The maximum absolute atomic E-state index is 12.2. The molecule has 0 radical (unpaired) electrons. The van der Waals surface area contributed by atoms with Gasteiger partial charge in [0.15, 0.2) is 11.2 Å². The molecule has 1 atom stereocenters. The van der Waals surface area contributed by atoms with Crippen LogP contribution in [0.3, 0.4) is 0 Å². The molecule has 2 aliphatic rings. The van der Waals surface area contributed by atoms with Crippen molar-refractivity contribution in [2.75, 3.05) is 25.0 Å². The Labute approximate surface area is 125 Å². The number of aryl methyl sites for hydroxylation is 2. The number of nitrogens with one attached hydrogen (secondary N) is 1. The van der Waals surface area contributed by atoms with Gasteiger partial charge in [-0.2, -0.15) is 0 Å². The Morgan fingerprint density at radius 2 is 2.19 bits per heavy atom. The lowest BCUT2D eigenvalue weighted by Crippen LogP contribution is -2.49. The van der Waals surface area contributed by atoms with Crippen molar-refractivity contribution >= 4 is 28.5 Å². The van der Waals surface area contributed by atoms with Crippen LogP contribution in [0.5, 0.6) is 0 Å². The zero-order valence-corrected chi connectivity index (χ0v) is 12.3. The minimum Gasteiger partial charge on any atom is -0.479 e. The monoisotopic (exact) mass is 311 g/mol. The normalized spacial score (nSPS) is 21.7. The molecule has 0 spiro atoms. The van der Waals surface area contributed by atoms with Crippen LogP contribution >= 0.6 is 11.3 Å². The highest BCUT2D eigenvalue weighted by Gasteiger charge is 2.29.